The van der Waals surface area contributed by atoms with Gasteiger partial charge in [-0.2, -0.15) is 18.3 Å². The maximum atomic E-state index is 13.9. The molecule has 0 atom stereocenters. The Balaban J connectivity index is 2.34. The topological polar surface area (TPSA) is 55.1 Å². The van der Waals surface area contributed by atoms with Crippen LogP contribution in [-0.2, 0) is 13.2 Å². The first-order valence-electron chi connectivity index (χ1n) is 7.64. The summed E-state index contributed by atoms with van der Waals surface area (Å²) in [6.07, 6.45) is -5.00. The molecule has 0 saturated carbocycles. The molecule has 3 aromatic rings. The van der Waals surface area contributed by atoms with Crippen molar-refractivity contribution in [1.29, 1.82) is 0 Å². The van der Waals surface area contributed by atoms with Crippen LogP contribution in [-0.4, -0.2) is 20.9 Å². The average molecular weight is 417 g/mol. The number of rotatable bonds is 3. The number of hydrogen-bond donors (Lipinski definition) is 1. The Morgan fingerprint density at radius 3 is 2.14 bits per heavy atom. The van der Waals surface area contributed by atoms with Gasteiger partial charge in [-0.3, -0.25) is 4.68 Å². The maximum Gasteiger partial charge on any atom is 0.436 e. The molecule has 1 aromatic heterocycles. The predicted molar refractivity (Wildman–Crippen MR) is 91.0 cm³/mol. The molecule has 3 rings (SSSR count). The van der Waals surface area contributed by atoms with Crippen molar-refractivity contribution in [3.63, 3.8) is 0 Å². The summed E-state index contributed by atoms with van der Waals surface area (Å²) in [7, 11) is 1.15. The van der Waals surface area contributed by atoms with Gasteiger partial charge in [0.2, 0.25) is 0 Å². The average Bonchev–Trinajstić information content (AvgIpc) is 2.97. The summed E-state index contributed by atoms with van der Waals surface area (Å²) >= 11 is 5.47. The number of alkyl halides is 3. The number of carbonyl (C=O) groups is 1. The standard InChI is InChI=1S/C18H10ClF5N2O2/c1-26-15(13(17(27)28)16(25-26)18(22,23)24)10-5-3-2-4-9(10)8-6-11(20)14(19)12(21)7-8/h2-7H,1H3,(H,27,28). The molecule has 0 radical (unpaired) electrons. The van der Waals surface area contributed by atoms with Gasteiger partial charge in [0.05, 0.1) is 5.69 Å². The minimum Gasteiger partial charge on any atom is -0.478 e. The fourth-order valence-corrected chi connectivity index (χ4v) is 3.00. The van der Waals surface area contributed by atoms with E-state index in [-0.39, 0.29) is 22.4 Å². The number of carboxylic acids is 1. The van der Waals surface area contributed by atoms with E-state index in [9.17, 15) is 31.9 Å². The van der Waals surface area contributed by atoms with Crippen molar-refractivity contribution in [3.8, 4) is 22.4 Å². The van der Waals surface area contributed by atoms with Crippen LogP contribution in [0.5, 0.6) is 0 Å². The summed E-state index contributed by atoms with van der Waals surface area (Å²) in [6, 6.07) is 7.49. The third kappa shape index (κ3) is 3.33. The van der Waals surface area contributed by atoms with E-state index in [1.807, 2.05) is 0 Å². The molecule has 0 aliphatic rings. The first-order chi connectivity index (χ1) is 13.0. The Bertz CT molecular complexity index is 1070. The molecule has 0 fully saturated rings. The highest BCUT2D eigenvalue weighted by molar-refractivity contribution is 6.31. The molecule has 0 amide bonds. The van der Waals surface area contributed by atoms with Crippen LogP contribution in [0.15, 0.2) is 36.4 Å². The van der Waals surface area contributed by atoms with Crippen LogP contribution in [0.2, 0.25) is 5.02 Å². The van der Waals surface area contributed by atoms with Crippen LogP contribution in [0, 0.1) is 11.6 Å². The minimum absolute atomic E-state index is 0.00604. The number of halogens is 6. The molecule has 0 unspecified atom stereocenters. The molecule has 2 aromatic carbocycles. The van der Waals surface area contributed by atoms with Gasteiger partial charge in [-0.25, -0.2) is 13.6 Å². The van der Waals surface area contributed by atoms with Crippen molar-refractivity contribution >= 4 is 17.6 Å². The highest BCUT2D eigenvalue weighted by Crippen LogP contribution is 2.40. The van der Waals surface area contributed by atoms with Crippen molar-refractivity contribution in [2.45, 2.75) is 6.18 Å². The monoisotopic (exact) mass is 416 g/mol. The highest BCUT2D eigenvalue weighted by atomic mass is 35.5. The van der Waals surface area contributed by atoms with E-state index in [0.29, 0.717) is 0 Å². The lowest BCUT2D eigenvalue weighted by molar-refractivity contribution is -0.141. The lowest BCUT2D eigenvalue weighted by atomic mass is 9.95. The number of hydrogen-bond acceptors (Lipinski definition) is 2. The van der Waals surface area contributed by atoms with Crippen LogP contribution < -0.4 is 0 Å². The first-order valence-corrected chi connectivity index (χ1v) is 8.02. The van der Waals surface area contributed by atoms with Crippen LogP contribution in [0.25, 0.3) is 22.4 Å². The van der Waals surface area contributed by atoms with E-state index >= 15 is 0 Å². The lowest BCUT2D eigenvalue weighted by Crippen LogP contribution is -2.12. The second-order valence-electron chi connectivity index (χ2n) is 5.80. The summed E-state index contributed by atoms with van der Waals surface area (Å²) in [5.41, 5.74) is -2.90. The number of nitrogens with zero attached hydrogens (tertiary/aromatic N) is 2. The normalized spacial score (nSPS) is 11.7. The Labute approximate surface area is 159 Å². The Hall–Kier alpha value is -2.94. The zero-order valence-electron chi connectivity index (χ0n) is 14.0. The molecule has 1 heterocycles. The molecular formula is C18H10ClF5N2O2. The first kappa shape index (κ1) is 19.8. The smallest absolute Gasteiger partial charge is 0.436 e. The second kappa shape index (κ2) is 6.90. The van der Waals surface area contributed by atoms with E-state index in [4.69, 9.17) is 11.6 Å². The number of carboxylic acid groups (broad SMARTS) is 1. The quantitative estimate of drug-likeness (QED) is 0.459. The van der Waals surface area contributed by atoms with Crippen LogP contribution in [0.3, 0.4) is 0 Å². The fraction of sp³-hybridized carbons (Fsp3) is 0.111. The van der Waals surface area contributed by atoms with E-state index in [1.165, 1.54) is 24.3 Å². The molecule has 28 heavy (non-hydrogen) atoms. The summed E-state index contributed by atoms with van der Waals surface area (Å²) in [5, 5.41) is 12.0. The largest absolute Gasteiger partial charge is 0.478 e. The predicted octanol–water partition coefficient (Wildman–Crippen LogP) is 5.40. The summed E-state index contributed by atoms with van der Waals surface area (Å²) in [6.45, 7) is 0. The van der Waals surface area contributed by atoms with E-state index in [2.05, 4.69) is 5.10 Å². The summed E-state index contributed by atoms with van der Waals surface area (Å²) < 4.78 is 68.2. The van der Waals surface area contributed by atoms with Gasteiger partial charge in [-0.1, -0.05) is 35.9 Å². The van der Waals surface area contributed by atoms with Crippen molar-refractivity contribution in [1.82, 2.24) is 9.78 Å². The maximum absolute atomic E-state index is 13.9. The third-order valence-electron chi connectivity index (χ3n) is 4.01. The molecule has 4 nitrogen and oxygen atoms in total. The Kier molecular flexibility index (Phi) is 4.88. The van der Waals surface area contributed by atoms with Gasteiger partial charge in [0, 0.05) is 12.6 Å². The third-order valence-corrected chi connectivity index (χ3v) is 4.37. The number of aromatic nitrogens is 2. The van der Waals surface area contributed by atoms with Gasteiger partial charge >= 0.3 is 12.1 Å². The molecule has 0 spiro atoms. The van der Waals surface area contributed by atoms with Crippen LogP contribution >= 0.6 is 11.6 Å². The lowest BCUT2D eigenvalue weighted by Gasteiger charge is -2.12. The molecule has 0 bridgehead atoms. The van der Waals surface area contributed by atoms with Gasteiger partial charge in [0.1, 0.15) is 22.2 Å². The van der Waals surface area contributed by atoms with E-state index < -0.39 is 40.1 Å². The van der Waals surface area contributed by atoms with Gasteiger partial charge in [0.15, 0.2) is 5.69 Å². The number of aryl methyl sites for hydroxylation is 1. The number of benzene rings is 2. The van der Waals surface area contributed by atoms with E-state index in [1.54, 1.807) is 0 Å². The zero-order chi connectivity index (χ0) is 20.8. The Morgan fingerprint density at radius 2 is 1.64 bits per heavy atom. The summed E-state index contributed by atoms with van der Waals surface area (Å²) in [5.74, 6) is -3.96. The van der Waals surface area contributed by atoms with Gasteiger partial charge < -0.3 is 5.11 Å². The van der Waals surface area contributed by atoms with Crippen LogP contribution in [0.1, 0.15) is 16.1 Å². The van der Waals surface area contributed by atoms with Crippen molar-refractivity contribution < 1.29 is 31.9 Å². The van der Waals surface area contributed by atoms with Gasteiger partial charge in [-0.05, 0) is 23.3 Å². The molecule has 1 N–H and O–H groups in total. The highest BCUT2D eigenvalue weighted by Gasteiger charge is 2.41. The van der Waals surface area contributed by atoms with Gasteiger partial charge in [0.25, 0.3) is 0 Å². The molecule has 146 valence electrons. The molecule has 10 heteroatoms. The second-order valence-corrected chi connectivity index (χ2v) is 6.18. The number of aromatic carboxylic acids is 1. The van der Waals surface area contributed by atoms with Crippen molar-refractivity contribution in [3.05, 3.63) is 64.3 Å². The van der Waals surface area contributed by atoms with Gasteiger partial charge in [-0.15, -0.1) is 0 Å². The molecule has 0 aliphatic heterocycles. The van der Waals surface area contributed by atoms with Crippen molar-refractivity contribution in [2.75, 3.05) is 0 Å². The van der Waals surface area contributed by atoms with E-state index in [0.717, 1.165) is 23.9 Å². The molecule has 0 aliphatic carbocycles. The molecule has 0 saturated heterocycles. The minimum atomic E-state index is -5.00. The zero-order valence-corrected chi connectivity index (χ0v) is 14.7. The summed E-state index contributed by atoms with van der Waals surface area (Å²) in [4.78, 5) is 11.6. The van der Waals surface area contributed by atoms with Crippen LogP contribution in [0.4, 0.5) is 22.0 Å². The molecular weight excluding hydrogens is 407 g/mol. The Morgan fingerprint density at radius 1 is 1.11 bits per heavy atom. The van der Waals surface area contributed by atoms with Crippen molar-refractivity contribution in [2.24, 2.45) is 7.05 Å². The SMILES string of the molecule is Cn1nc(C(F)(F)F)c(C(=O)O)c1-c1ccccc1-c1cc(F)c(Cl)c(F)c1. The fourth-order valence-electron chi connectivity index (χ4n) is 2.89.